The van der Waals surface area contributed by atoms with Crippen molar-refractivity contribution in [3.63, 3.8) is 0 Å². The van der Waals surface area contributed by atoms with E-state index < -0.39 is 0 Å². The zero-order chi connectivity index (χ0) is 18.5. The summed E-state index contributed by atoms with van der Waals surface area (Å²) >= 11 is 1.23. The predicted molar refractivity (Wildman–Crippen MR) is 102 cm³/mol. The Hall–Kier alpha value is -2.67. The summed E-state index contributed by atoms with van der Waals surface area (Å²) in [5.41, 5.74) is 2.69. The van der Waals surface area contributed by atoms with E-state index >= 15 is 0 Å². The minimum absolute atomic E-state index is 0.107. The first kappa shape index (κ1) is 18.1. The summed E-state index contributed by atoms with van der Waals surface area (Å²) in [5, 5.41) is 11.0. The summed E-state index contributed by atoms with van der Waals surface area (Å²) in [4.78, 5) is 16.6. The lowest BCUT2D eigenvalue weighted by Crippen LogP contribution is -2.23. The van der Waals surface area contributed by atoms with Gasteiger partial charge in [0.1, 0.15) is 0 Å². The number of hydrogen-bond acceptors (Lipinski definition) is 6. The largest absolute Gasteiger partial charge is 0.411 e. The van der Waals surface area contributed by atoms with Crippen molar-refractivity contribution in [1.29, 1.82) is 0 Å². The van der Waals surface area contributed by atoms with Gasteiger partial charge in [-0.25, -0.2) is 0 Å². The first-order valence-corrected chi connectivity index (χ1v) is 9.23. The van der Waals surface area contributed by atoms with Crippen molar-refractivity contribution in [1.82, 2.24) is 15.2 Å². The first-order valence-electron chi connectivity index (χ1n) is 8.35. The van der Waals surface area contributed by atoms with Crippen LogP contribution in [0.25, 0.3) is 11.5 Å². The molecule has 1 N–H and O–H groups in total. The summed E-state index contributed by atoms with van der Waals surface area (Å²) in [6.45, 7) is 6.01. The minimum Gasteiger partial charge on any atom is -0.411 e. The Morgan fingerprint density at radius 1 is 1.12 bits per heavy atom. The number of carbonyl (C=O) groups is 1. The molecule has 7 heteroatoms. The van der Waals surface area contributed by atoms with Gasteiger partial charge in [0.2, 0.25) is 11.8 Å². The number of amides is 1. The molecule has 26 heavy (non-hydrogen) atoms. The van der Waals surface area contributed by atoms with Crippen LogP contribution in [0.5, 0.6) is 0 Å². The van der Waals surface area contributed by atoms with Crippen molar-refractivity contribution in [2.45, 2.75) is 37.2 Å². The minimum atomic E-state index is -0.377. The molecule has 0 aliphatic carbocycles. The van der Waals surface area contributed by atoms with Gasteiger partial charge in [-0.2, -0.15) is 0 Å². The molecule has 0 saturated heterocycles. The molecular weight excluding hydrogens is 348 g/mol. The van der Waals surface area contributed by atoms with Gasteiger partial charge in [0.05, 0.1) is 10.8 Å². The molecule has 1 aromatic carbocycles. The molecular formula is C19H20N4O2S. The molecule has 0 bridgehead atoms. The zero-order valence-electron chi connectivity index (χ0n) is 14.8. The fraction of sp³-hybridized carbons (Fsp3) is 0.263. The molecule has 134 valence electrons. The Kier molecular flexibility index (Phi) is 5.68. The van der Waals surface area contributed by atoms with Crippen molar-refractivity contribution in [2.75, 3.05) is 5.32 Å². The lowest BCUT2D eigenvalue weighted by molar-refractivity contribution is -0.115. The van der Waals surface area contributed by atoms with Crippen LogP contribution in [-0.2, 0) is 4.79 Å². The summed E-state index contributed by atoms with van der Waals surface area (Å²) in [6, 6.07) is 11.5. The van der Waals surface area contributed by atoms with Gasteiger partial charge in [-0.15, -0.1) is 10.2 Å². The van der Waals surface area contributed by atoms with Crippen LogP contribution >= 0.6 is 11.8 Å². The summed E-state index contributed by atoms with van der Waals surface area (Å²) < 4.78 is 5.62. The molecule has 1 atom stereocenters. The number of nitrogens with one attached hydrogen (secondary N) is 1. The number of benzene rings is 1. The maximum atomic E-state index is 12.5. The highest BCUT2D eigenvalue weighted by Crippen LogP contribution is 2.28. The summed E-state index contributed by atoms with van der Waals surface area (Å²) in [6.07, 6.45) is 3.33. The highest BCUT2D eigenvalue weighted by atomic mass is 32.2. The Bertz CT molecular complexity index is 880. The number of rotatable bonds is 6. The van der Waals surface area contributed by atoms with Crippen LogP contribution in [0.4, 0.5) is 5.69 Å². The molecule has 0 aliphatic rings. The van der Waals surface area contributed by atoms with Crippen LogP contribution in [0.1, 0.15) is 32.3 Å². The van der Waals surface area contributed by atoms with Gasteiger partial charge in [-0.1, -0.05) is 43.8 Å². The molecule has 2 heterocycles. The van der Waals surface area contributed by atoms with E-state index in [-0.39, 0.29) is 11.2 Å². The van der Waals surface area contributed by atoms with Crippen molar-refractivity contribution in [2.24, 2.45) is 0 Å². The molecule has 0 fully saturated rings. The van der Waals surface area contributed by atoms with E-state index in [0.717, 1.165) is 16.8 Å². The number of nitrogens with zero attached hydrogens (tertiary/aromatic N) is 3. The highest BCUT2D eigenvalue weighted by molar-refractivity contribution is 8.00. The third-order valence-corrected chi connectivity index (χ3v) is 4.74. The number of thioether (sulfide) groups is 1. The molecule has 3 aromatic rings. The van der Waals surface area contributed by atoms with Gasteiger partial charge < -0.3 is 9.73 Å². The number of anilines is 1. The van der Waals surface area contributed by atoms with Crippen LogP contribution in [0, 0.1) is 0 Å². The quantitative estimate of drug-likeness (QED) is 0.651. The van der Waals surface area contributed by atoms with E-state index in [9.17, 15) is 4.79 Å². The fourth-order valence-electron chi connectivity index (χ4n) is 2.42. The van der Waals surface area contributed by atoms with Gasteiger partial charge in [0, 0.05) is 18.1 Å². The van der Waals surface area contributed by atoms with Crippen molar-refractivity contribution >= 4 is 23.4 Å². The second-order valence-corrected chi connectivity index (χ2v) is 7.40. The Morgan fingerprint density at radius 3 is 2.65 bits per heavy atom. The third-order valence-electron chi connectivity index (χ3n) is 3.80. The maximum absolute atomic E-state index is 12.5. The molecule has 6 nitrogen and oxygen atoms in total. The smallest absolute Gasteiger partial charge is 0.277 e. The van der Waals surface area contributed by atoms with Gasteiger partial charge in [0.15, 0.2) is 0 Å². The van der Waals surface area contributed by atoms with Crippen LogP contribution in [-0.4, -0.2) is 26.3 Å². The molecule has 0 radical (unpaired) electrons. The normalized spacial score (nSPS) is 12.2. The molecule has 0 aliphatic heterocycles. The van der Waals surface area contributed by atoms with Crippen LogP contribution in [0.2, 0.25) is 0 Å². The Balaban J connectivity index is 1.66. The Labute approximate surface area is 156 Å². The van der Waals surface area contributed by atoms with Gasteiger partial charge >= 0.3 is 0 Å². The van der Waals surface area contributed by atoms with E-state index in [1.54, 1.807) is 18.5 Å². The number of pyridine rings is 1. The predicted octanol–water partition coefficient (Wildman–Crippen LogP) is 4.37. The van der Waals surface area contributed by atoms with E-state index in [1.165, 1.54) is 11.8 Å². The standard InChI is InChI=1S/C19H20N4O2S/c1-12(2)15-8-4-5-9-16(15)21-17(24)13(3)26-19-23-22-18(25-19)14-7-6-10-20-11-14/h4-13H,1-3H3,(H,21,24)/t13-/m1/s1. The van der Waals surface area contributed by atoms with Gasteiger partial charge in [-0.3, -0.25) is 9.78 Å². The second-order valence-electron chi connectivity index (χ2n) is 6.11. The highest BCUT2D eigenvalue weighted by Gasteiger charge is 2.20. The second kappa shape index (κ2) is 8.14. The lowest BCUT2D eigenvalue weighted by Gasteiger charge is -2.15. The van der Waals surface area contributed by atoms with E-state index in [4.69, 9.17) is 4.42 Å². The zero-order valence-corrected chi connectivity index (χ0v) is 15.7. The van der Waals surface area contributed by atoms with E-state index in [1.807, 2.05) is 37.3 Å². The SMILES string of the molecule is CC(C)c1ccccc1NC(=O)[C@@H](C)Sc1nnc(-c2cccnc2)o1. The third kappa shape index (κ3) is 4.29. The number of aromatic nitrogens is 3. The monoisotopic (exact) mass is 368 g/mol. The fourth-order valence-corrected chi connectivity index (χ4v) is 3.10. The molecule has 3 rings (SSSR count). The molecule has 2 aromatic heterocycles. The molecule has 1 amide bonds. The number of carbonyl (C=O) groups excluding carboxylic acids is 1. The van der Waals surface area contributed by atoms with Crippen LogP contribution in [0.15, 0.2) is 58.4 Å². The average Bonchev–Trinajstić information content (AvgIpc) is 3.11. The summed E-state index contributed by atoms with van der Waals surface area (Å²) in [5.74, 6) is 0.607. The number of para-hydroxylation sites is 1. The van der Waals surface area contributed by atoms with Gasteiger partial charge in [-0.05, 0) is 36.6 Å². The molecule has 0 saturated carbocycles. The maximum Gasteiger partial charge on any atom is 0.277 e. The Morgan fingerprint density at radius 2 is 1.92 bits per heavy atom. The van der Waals surface area contributed by atoms with Crippen molar-refractivity contribution in [3.05, 3.63) is 54.4 Å². The van der Waals surface area contributed by atoms with E-state index in [2.05, 4.69) is 34.3 Å². The average molecular weight is 368 g/mol. The summed E-state index contributed by atoms with van der Waals surface area (Å²) in [7, 11) is 0. The lowest BCUT2D eigenvalue weighted by atomic mass is 10.0. The topological polar surface area (TPSA) is 80.9 Å². The van der Waals surface area contributed by atoms with Crippen molar-refractivity contribution < 1.29 is 9.21 Å². The van der Waals surface area contributed by atoms with E-state index in [0.29, 0.717) is 17.0 Å². The van der Waals surface area contributed by atoms with Gasteiger partial charge in [0.25, 0.3) is 5.22 Å². The molecule has 0 unspecified atom stereocenters. The van der Waals surface area contributed by atoms with Crippen LogP contribution < -0.4 is 5.32 Å². The molecule has 0 spiro atoms. The van der Waals surface area contributed by atoms with Crippen molar-refractivity contribution in [3.8, 4) is 11.5 Å². The van der Waals surface area contributed by atoms with Crippen LogP contribution in [0.3, 0.4) is 0 Å². The first-order chi connectivity index (χ1) is 12.5. The number of hydrogen-bond donors (Lipinski definition) is 1.